The molecule has 0 bridgehead atoms. The number of aromatic nitrogens is 1. The van der Waals surface area contributed by atoms with Gasteiger partial charge in [-0.15, -0.1) is 11.6 Å². The van der Waals surface area contributed by atoms with E-state index < -0.39 is 4.92 Å². The Bertz CT molecular complexity index is 596. The lowest BCUT2D eigenvalue weighted by atomic mass is 10.1. The van der Waals surface area contributed by atoms with Crippen LogP contribution in [-0.4, -0.2) is 9.91 Å². The molecule has 0 saturated heterocycles. The molecule has 2 aromatic rings. The van der Waals surface area contributed by atoms with E-state index in [0.29, 0.717) is 17.2 Å². The first-order chi connectivity index (χ1) is 8.47. The van der Waals surface area contributed by atoms with E-state index in [-0.39, 0.29) is 16.1 Å². The van der Waals surface area contributed by atoms with E-state index in [1.165, 1.54) is 18.3 Å². The molecule has 0 fully saturated rings. The molecule has 0 N–H and O–H groups in total. The van der Waals surface area contributed by atoms with Gasteiger partial charge >= 0.3 is 0 Å². The highest BCUT2D eigenvalue weighted by Crippen LogP contribution is 2.30. The molecule has 0 aliphatic heterocycles. The summed E-state index contributed by atoms with van der Waals surface area (Å²) in [6.45, 7) is 1.72. The van der Waals surface area contributed by atoms with Crippen LogP contribution in [0, 0.1) is 10.1 Å². The molecule has 0 spiro atoms. The van der Waals surface area contributed by atoms with Gasteiger partial charge in [0.1, 0.15) is 5.38 Å². The van der Waals surface area contributed by atoms with Gasteiger partial charge in [-0.05, 0) is 13.0 Å². The van der Waals surface area contributed by atoms with Gasteiger partial charge < -0.3 is 4.42 Å². The summed E-state index contributed by atoms with van der Waals surface area (Å²) in [5.74, 6) is 0.748. The van der Waals surface area contributed by atoms with Crippen molar-refractivity contribution in [3.05, 3.63) is 45.4 Å². The van der Waals surface area contributed by atoms with Crippen LogP contribution in [-0.2, 0) is 0 Å². The van der Waals surface area contributed by atoms with Gasteiger partial charge in [0.05, 0.1) is 11.1 Å². The predicted molar refractivity (Wildman–Crippen MR) is 67.9 cm³/mol. The number of non-ortho nitro benzene ring substituents is 1. The second-order valence-corrected chi connectivity index (χ2v) is 4.73. The van der Waals surface area contributed by atoms with Crippen LogP contribution in [0.25, 0.3) is 11.3 Å². The molecule has 0 radical (unpaired) electrons. The fourth-order valence-electron chi connectivity index (χ4n) is 1.43. The van der Waals surface area contributed by atoms with Gasteiger partial charge in [-0.2, -0.15) is 0 Å². The Morgan fingerprint density at radius 3 is 2.72 bits per heavy atom. The van der Waals surface area contributed by atoms with Gasteiger partial charge in [0.15, 0.2) is 5.76 Å². The number of halogens is 2. The standard InChI is InChI=1S/C11H8Cl2N2O3/c1-6(12)11-14-5-10(18-11)7-2-8(13)4-9(3-7)15(16)17/h2-6H,1H3. The maximum atomic E-state index is 10.7. The number of oxazole rings is 1. The van der Waals surface area contributed by atoms with E-state index in [4.69, 9.17) is 27.6 Å². The molecule has 0 saturated carbocycles. The molecule has 7 heteroatoms. The largest absolute Gasteiger partial charge is 0.439 e. The molecular weight excluding hydrogens is 279 g/mol. The van der Waals surface area contributed by atoms with Crippen LogP contribution in [0.15, 0.2) is 28.8 Å². The number of nitrogens with zero attached hydrogens (tertiary/aromatic N) is 2. The first-order valence-electron chi connectivity index (χ1n) is 5.02. The van der Waals surface area contributed by atoms with Crippen molar-refractivity contribution >= 4 is 28.9 Å². The van der Waals surface area contributed by atoms with Crippen molar-refractivity contribution < 1.29 is 9.34 Å². The number of nitro groups is 1. The fraction of sp³-hybridized carbons (Fsp3) is 0.182. The van der Waals surface area contributed by atoms with Crippen molar-refractivity contribution in [1.29, 1.82) is 0 Å². The molecule has 0 aliphatic rings. The molecular formula is C11H8Cl2N2O3. The molecule has 1 aromatic heterocycles. The Labute approximate surface area is 112 Å². The molecule has 18 heavy (non-hydrogen) atoms. The normalized spacial score (nSPS) is 12.4. The van der Waals surface area contributed by atoms with E-state index in [2.05, 4.69) is 4.98 Å². The van der Waals surface area contributed by atoms with Gasteiger partial charge in [-0.1, -0.05) is 11.6 Å². The average molecular weight is 287 g/mol. The number of hydrogen-bond acceptors (Lipinski definition) is 4. The van der Waals surface area contributed by atoms with Gasteiger partial charge in [0.25, 0.3) is 5.69 Å². The second-order valence-electron chi connectivity index (χ2n) is 3.63. The van der Waals surface area contributed by atoms with Crippen LogP contribution in [0.5, 0.6) is 0 Å². The maximum absolute atomic E-state index is 10.7. The molecule has 5 nitrogen and oxygen atoms in total. The van der Waals surface area contributed by atoms with Crippen LogP contribution in [0.2, 0.25) is 5.02 Å². The minimum absolute atomic E-state index is 0.102. The lowest BCUT2D eigenvalue weighted by Gasteiger charge is -1.99. The maximum Gasteiger partial charge on any atom is 0.271 e. The number of nitro benzene ring substituents is 1. The third-order valence-corrected chi connectivity index (χ3v) is 2.65. The van der Waals surface area contributed by atoms with Crippen LogP contribution in [0.3, 0.4) is 0 Å². The third kappa shape index (κ3) is 2.63. The topological polar surface area (TPSA) is 69.2 Å². The van der Waals surface area contributed by atoms with Crippen LogP contribution < -0.4 is 0 Å². The van der Waals surface area contributed by atoms with Crippen LogP contribution in [0.1, 0.15) is 18.2 Å². The zero-order valence-electron chi connectivity index (χ0n) is 9.26. The Kier molecular flexibility index (Phi) is 3.54. The number of hydrogen-bond donors (Lipinski definition) is 0. The molecule has 0 aliphatic carbocycles. The van der Waals surface area contributed by atoms with Crippen molar-refractivity contribution in [2.75, 3.05) is 0 Å². The summed E-state index contributed by atoms with van der Waals surface area (Å²) in [6, 6.07) is 4.21. The summed E-state index contributed by atoms with van der Waals surface area (Å²) in [4.78, 5) is 14.2. The van der Waals surface area contributed by atoms with Gasteiger partial charge in [-0.3, -0.25) is 10.1 Å². The second kappa shape index (κ2) is 4.96. The molecule has 1 atom stereocenters. The van der Waals surface area contributed by atoms with Gasteiger partial charge in [0, 0.05) is 22.7 Å². The summed E-state index contributed by atoms with van der Waals surface area (Å²) in [5, 5.41) is 10.6. The Morgan fingerprint density at radius 1 is 1.44 bits per heavy atom. The summed E-state index contributed by atoms with van der Waals surface area (Å²) < 4.78 is 5.40. The predicted octanol–water partition coefficient (Wildman–Crippen LogP) is 4.20. The van der Waals surface area contributed by atoms with E-state index in [0.717, 1.165) is 0 Å². The zero-order valence-corrected chi connectivity index (χ0v) is 10.8. The van der Waals surface area contributed by atoms with E-state index in [1.807, 2.05) is 0 Å². The molecule has 0 amide bonds. The van der Waals surface area contributed by atoms with E-state index in [9.17, 15) is 10.1 Å². The minimum Gasteiger partial charge on any atom is -0.439 e. The first kappa shape index (κ1) is 12.9. The van der Waals surface area contributed by atoms with Gasteiger partial charge in [0.2, 0.25) is 5.89 Å². The Hall–Kier alpha value is -1.59. The SMILES string of the molecule is CC(Cl)c1ncc(-c2cc(Cl)cc([N+](=O)[O-])c2)o1. The highest BCUT2D eigenvalue weighted by Gasteiger charge is 2.15. The first-order valence-corrected chi connectivity index (χ1v) is 5.84. The molecule has 1 aromatic carbocycles. The Balaban J connectivity index is 2.46. The van der Waals surface area contributed by atoms with Crippen LogP contribution >= 0.6 is 23.2 Å². The van der Waals surface area contributed by atoms with Crippen molar-refractivity contribution in [3.8, 4) is 11.3 Å². The van der Waals surface area contributed by atoms with E-state index >= 15 is 0 Å². The third-order valence-electron chi connectivity index (χ3n) is 2.24. The number of benzene rings is 1. The quantitative estimate of drug-likeness (QED) is 0.482. The highest BCUT2D eigenvalue weighted by atomic mass is 35.5. The molecule has 1 heterocycles. The van der Waals surface area contributed by atoms with Crippen LogP contribution in [0.4, 0.5) is 5.69 Å². The van der Waals surface area contributed by atoms with Crippen molar-refractivity contribution in [3.63, 3.8) is 0 Å². The minimum atomic E-state index is -0.517. The molecule has 1 unspecified atom stereocenters. The van der Waals surface area contributed by atoms with Crippen molar-refractivity contribution in [1.82, 2.24) is 4.98 Å². The number of rotatable bonds is 3. The smallest absolute Gasteiger partial charge is 0.271 e. The average Bonchev–Trinajstić information content (AvgIpc) is 2.77. The van der Waals surface area contributed by atoms with Gasteiger partial charge in [-0.25, -0.2) is 4.98 Å². The number of alkyl halides is 1. The molecule has 2 rings (SSSR count). The summed E-state index contributed by atoms with van der Waals surface area (Å²) >= 11 is 11.6. The summed E-state index contributed by atoms with van der Waals surface area (Å²) in [5.41, 5.74) is 0.389. The van der Waals surface area contributed by atoms with Crippen molar-refractivity contribution in [2.24, 2.45) is 0 Å². The lowest BCUT2D eigenvalue weighted by Crippen LogP contribution is -1.88. The Morgan fingerprint density at radius 2 is 2.17 bits per heavy atom. The summed E-state index contributed by atoms with van der Waals surface area (Å²) in [6.07, 6.45) is 1.46. The molecule has 94 valence electrons. The highest BCUT2D eigenvalue weighted by molar-refractivity contribution is 6.31. The monoisotopic (exact) mass is 286 g/mol. The van der Waals surface area contributed by atoms with Crippen molar-refractivity contribution in [2.45, 2.75) is 12.3 Å². The lowest BCUT2D eigenvalue weighted by molar-refractivity contribution is -0.384. The van der Waals surface area contributed by atoms with E-state index in [1.54, 1.807) is 13.0 Å². The fourth-order valence-corrected chi connectivity index (χ4v) is 1.76. The summed E-state index contributed by atoms with van der Waals surface area (Å²) in [7, 11) is 0. The zero-order chi connectivity index (χ0) is 13.3.